The van der Waals surface area contributed by atoms with Gasteiger partial charge in [-0.25, -0.2) is 9.78 Å². The summed E-state index contributed by atoms with van der Waals surface area (Å²) in [4.78, 5) is 45.4. The van der Waals surface area contributed by atoms with E-state index in [4.69, 9.17) is 4.42 Å². The van der Waals surface area contributed by atoms with Crippen LogP contribution in [0.15, 0.2) is 39.9 Å². The molecule has 0 aliphatic heterocycles. The number of nitrogens with zero attached hydrogens (tertiary/aromatic N) is 2. The predicted molar refractivity (Wildman–Crippen MR) is 118 cm³/mol. The molecule has 31 heavy (non-hydrogen) atoms. The van der Waals surface area contributed by atoms with Crippen LogP contribution in [-0.4, -0.2) is 39.6 Å². The van der Waals surface area contributed by atoms with E-state index in [1.165, 1.54) is 0 Å². The Kier molecular flexibility index (Phi) is 6.91. The van der Waals surface area contributed by atoms with E-state index >= 15 is 0 Å². The Bertz CT molecular complexity index is 1130. The molecular formula is C21H23N5O4S. The highest BCUT2D eigenvalue weighted by Crippen LogP contribution is 2.32. The zero-order valence-corrected chi connectivity index (χ0v) is 18.4. The van der Waals surface area contributed by atoms with Gasteiger partial charge in [0, 0.05) is 17.7 Å². The topological polar surface area (TPSA) is 126 Å². The summed E-state index contributed by atoms with van der Waals surface area (Å²) in [5.41, 5.74) is 1.61. The van der Waals surface area contributed by atoms with Crippen LogP contribution in [0.25, 0.3) is 11.1 Å². The van der Waals surface area contributed by atoms with Gasteiger partial charge in [0.2, 0.25) is 11.6 Å². The van der Waals surface area contributed by atoms with Crippen LogP contribution in [0.4, 0.5) is 10.6 Å². The Balaban J connectivity index is 1.88. The van der Waals surface area contributed by atoms with E-state index in [1.807, 2.05) is 13.0 Å². The van der Waals surface area contributed by atoms with Crippen LogP contribution >= 0.6 is 11.8 Å². The SMILES string of the molecule is CCNC(=O)NC(=O)[C@@H](C)Sc1nc(NC(=O)c2ccccc2)c2c(C)c(C)oc2n1. The van der Waals surface area contributed by atoms with Gasteiger partial charge in [0.1, 0.15) is 11.6 Å². The molecule has 3 N–H and O–H groups in total. The Hall–Kier alpha value is -3.40. The number of imide groups is 1. The maximum atomic E-state index is 12.7. The van der Waals surface area contributed by atoms with E-state index in [0.717, 1.165) is 17.3 Å². The number of amides is 4. The molecule has 0 aliphatic rings. The average Bonchev–Trinajstić information content (AvgIpc) is 3.02. The summed E-state index contributed by atoms with van der Waals surface area (Å²) < 4.78 is 5.73. The molecule has 0 spiro atoms. The van der Waals surface area contributed by atoms with E-state index in [2.05, 4.69) is 25.9 Å². The summed E-state index contributed by atoms with van der Waals surface area (Å²) in [7, 11) is 0. The second-order valence-corrected chi connectivity index (χ2v) is 8.06. The number of carbonyl (C=O) groups is 3. The number of furan rings is 1. The standard InChI is InChI=1S/C21H23N5O4S/c1-5-22-20(29)25-17(27)13(4)31-21-24-16(15-11(2)12(3)30-19(15)26-21)23-18(28)14-9-7-6-8-10-14/h6-10,13H,5H2,1-4H3,(H2,22,25,27,29)(H,23,24,26,28)/t13-/m1/s1. The zero-order valence-electron chi connectivity index (χ0n) is 17.6. The minimum absolute atomic E-state index is 0.239. The lowest BCUT2D eigenvalue weighted by Gasteiger charge is -2.12. The molecule has 0 saturated carbocycles. The van der Waals surface area contributed by atoms with Crippen molar-refractivity contribution >= 4 is 46.5 Å². The normalized spacial score (nSPS) is 11.7. The molecule has 0 fully saturated rings. The maximum absolute atomic E-state index is 12.7. The third-order valence-electron chi connectivity index (χ3n) is 4.50. The highest BCUT2D eigenvalue weighted by atomic mass is 32.2. The molecule has 3 aromatic rings. The molecule has 2 heterocycles. The van der Waals surface area contributed by atoms with E-state index in [0.29, 0.717) is 34.8 Å². The van der Waals surface area contributed by atoms with E-state index in [1.54, 1.807) is 45.0 Å². The number of hydrogen-bond acceptors (Lipinski definition) is 7. The number of aromatic nitrogens is 2. The van der Waals surface area contributed by atoms with Gasteiger partial charge in [-0.1, -0.05) is 30.0 Å². The third kappa shape index (κ3) is 5.21. The van der Waals surface area contributed by atoms with Crippen molar-refractivity contribution in [3.8, 4) is 0 Å². The van der Waals surface area contributed by atoms with Crippen LogP contribution in [0.5, 0.6) is 0 Å². The summed E-state index contributed by atoms with van der Waals surface area (Å²) in [6.45, 7) is 7.45. The zero-order chi connectivity index (χ0) is 22.5. The largest absolute Gasteiger partial charge is 0.443 e. The Morgan fingerprint density at radius 1 is 1.13 bits per heavy atom. The smallest absolute Gasteiger partial charge is 0.321 e. The van der Waals surface area contributed by atoms with Crippen LogP contribution in [0.2, 0.25) is 0 Å². The number of aryl methyl sites for hydroxylation is 2. The lowest BCUT2D eigenvalue weighted by molar-refractivity contribution is -0.119. The van der Waals surface area contributed by atoms with Crippen LogP contribution in [0.3, 0.4) is 0 Å². The first kappa shape index (κ1) is 22.3. The molecular weight excluding hydrogens is 418 g/mol. The van der Waals surface area contributed by atoms with E-state index in [9.17, 15) is 14.4 Å². The van der Waals surface area contributed by atoms with Crippen LogP contribution in [0.1, 0.15) is 35.5 Å². The van der Waals surface area contributed by atoms with Crippen molar-refractivity contribution in [1.29, 1.82) is 0 Å². The second-order valence-electron chi connectivity index (χ2n) is 6.75. The average molecular weight is 442 g/mol. The molecule has 162 valence electrons. The molecule has 2 aromatic heterocycles. The quantitative estimate of drug-likeness (QED) is 0.395. The number of hydrogen-bond donors (Lipinski definition) is 3. The Morgan fingerprint density at radius 2 is 1.84 bits per heavy atom. The van der Waals surface area contributed by atoms with Gasteiger partial charge in [0.05, 0.1) is 10.6 Å². The van der Waals surface area contributed by atoms with Crippen LogP contribution < -0.4 is 16.0 Å². The molecule has 0 bridgehead atoms. The van der Waals surface area contributed by atoms with Gasteiger partial charge in [-0.3, -0.25) is 14.9 Å². The minimum atomic E-state index is -0.658. The van der Waals surface area contributed by atoms with Crippen molar-refractivity contribution in [2.24, 2.45) is 0 Å². The number of rotatable bonds is 6. The lowest BCUT2D eigenvalue weighted by Crippen LogP contribution is -2.42. The molecule has 0 unspecified atom stereocenters. The fourth-order valence-corrected chi connectivity index (χ4v) is 3.53. The number of fused-ring (bicyclic) bond motifs is 1. The number of benzene rings is 1. The van der Waals surface area contributed by atoms with Crippen molar-refractivity contribution in [3.05, 3.63) is 47.2 Å². The summed E-state index contributed by atoms with van der Waals surface area (Å²) in [6.07, 6.45) is 0. The van der Waals surface area contributed by atoms with E-state index < -0.39 is 17.2 Å². The summed E-state index contributed by atoms with van der Waals surface area (Å²) in [5, 5.41) is 7.76. The summed E-state index contributed by atoms with van der Waals surface area (Å²) in [6, 6.07) is 8.20. The number of anilines is 1. The second kappa shape index (κ2) is 9.61. The van der Waals surface area contributed by atoms with Crippen LogP contribution in [-0.2, 0) is 4.79 Å². The predicted octanol–water partition coefficient (Wildman–Crippen LogP) is 3.42. The van der Waals surface area contributed by atoms with Gasteiger partial charge in [-0.05, 0) is 39.8 Å². The Labute approximate surface area is 183 Å². The van der Waals surface area contributed by atoms with E-state index in [-0.39, 0.29) is 11.1 Å². The first-order valence-electron chi connectivity index (χ1n) is 9.69. The van der Waals surface area contributed by atoms with Crippen molar-refractivity contribution in [1.82, 2.24) is 20.6 Å². The van der Waals surface area contributed by atoms with Gasteiger partial charge in [0.25, 0.3) is 5.91 Å². The number of thioether (sulfide) groups is 1. The first-order valence-corrected chi connectivity index (χ1v) is 10.6. The molecule has 9 nitrogen and oxygen atoms in total. The van der Waals surface area contributed by atoms with Gasteiger partial charge < -0.3 is 15.1 Å². The number of urea groups is 1. The van der Waals surface area contributed by atoms with Crippen molar-refractivity contribution in [3.63, 3.8) is 0 Å². The fraction of sp³-hybridized carbons (Fsp3) is 0.286. The van der Waals surface area contributed by atoms with Gasteiger partial charge in [0.15, 0.2) is 5.16 Å². The lowest BCUT2D eigenvalue weighted by atomic mass is 10.2. The van der Waals surface area contributed by atoms with Gasteiger partial charge >= 0.3 is 6.03 Å². The molecule has 0 radical (unpaired) electrons. The number of carbonyl (C=O) groups excluding carboxylic acids is 3. The Morgan fingerprint density at radius 3 is 2.52 bits per heavy atom. The molecule has 4 amide bonds. The summed E-state index contributed by atoms with van der Waals surface area (Å²) >= 11 is 1.05. The van der Waals surface area contributed by atoms with Crippen molar-refractivity contribution < 1.29 is 18.8 Å². The molecule has 1 aromatic carbocycles. The van der Waals surface area contributed by atoms with Crippen LogP contribution in [0, 0.1) is 13.8 Å². The molecule has 0 aliphatic carbocycles. The maximum Gasteiger partial charge on any atom is 0.321 e. The minimum Gasteiger partial charge on any atom is -0.443 e. The highest BCUT2D eigenvalue weighted by Gasteiger charge is 2.22. The first-order chi connectivity index (χ1) is 14.8. The van der Waals surface area contributed by atoms with Crippen molar-refractivity contribution in [2.45, 2.75) is 38.1 Å². The molecule has 10 heteroatoms. The molecule has 3 rings (SSSR count). The van der Waals surface area contributed by atoms with Crippen molar-refractivity contribution in [2.75, 3.05) is 11.9 Å². The molecule has 0 saturated heterocycles. The molecule has 1 atom stereocenters. The van der Waals surface area contributed by atoms with Gasteiger partial charge in [-0.15, -0.1) is 0 Å². The third-order valence-corrected chi connectivity index (χ3v) is 5.46. The number of nitrogens with one attached hydrogen (secondary N) is 3. The monoisotopic (exact) mass is 441 g/mol. The fourth-order valence-electron chi connectivity index (χ4n) is 2.77. The highest BCUT2D eigenvalue weighted by molar-refractivity contribution is 8.00. The summed E-state index contributed by atoms with van der Waals surface area (Å²) in [5.74, 6) is 0.147. The van der Waals surface area contributed by atoms with Gasteiger partial charge in [-0.2, -0.15) is 4.98 Å².